The van der Waals surface area contributed by atoms with Gasteiger partial charge in [-0.25, -0.2) is 4.39 Å². The van der Waals surface area contributed by atoms with Crippen LogP contribution in [-0.2, 0) is 4.79 Å². The van der Waals surface area contributed by atoms with E-state index in [-0.39, 0.29) is 30.2 Å². The number of nitrogens with one attached hydrogen (secondary N) is 1. The van der Waals surface area contributed by atoms with Crippen LogP contribution in [-0.4, -0.2) is 30.6 Å². The van der Waals surface area contributed by atoms with Gasteiger partial charge in [0.2, 0.25) is 0 Å². The highest BCUT2D eigenvalue weighted by atomic mass is 19.1. The van der Waals surface area contributed by atoms with Crippen molar-refractivity contribution in [2.75, 3.05) is 13.7 Å². The van der Waals surface area contributed by atoms with Crippen molar-refractivity contribution < 1.29 is 23.8 Å². The average molecular weight is 283 g/mol. The largest absolute Gasteiger partial charge is 0.496 e. The van der Waals surface area contributed by atoms with Crippen LogP contribution in [0.15, 0.2) is 18.2 Å². The van der Waals surface area contributed by atoms with Crippen molar-refractivity contribution in [3.63, 3.8) is 0 Å². The van der Waals surface area contributed by atoms with E-state index in [4.69, 9.17) is 9.84 Å². The molecule has 0 radical (unpaired) electrons. The standard InChI is InChI=1S/C14H18FNO4/c1-9(6-7-12(17)18)8-16-14(19)13-10(15)4-3-5-11(13)20-2/h3-5,9H,6-8H2,1-2H3,(H,16,19)(H,17,18). The van der Waals surface area contributed by atoms with Crippen molar-refractivity contribution in [1.29, 1.82) is 0 Å². The van der Waals surface area contributed by atoms with Crippen molar-refractivity contribution in [3.05, 3.63) is 29.6 Å². The zero-order valence-electron chi connectivity index (χ0n) is 11.5. The Morgan fingerprint density at radius 1 is 1.45 bits per heavy atom. The second-order valence-electron chi connectivity index (χ2n) is 4.56. The molecule has 0 saturated heterocycles. The SMILES string of the molecule is COc1cccc(F)c1C(=O)NCC(C)CCC(=O)O. The molecule has 0 aliphatic heterocycles. The van der Waals surface area contributed by atoms with Gasteiger partial charge in [0.25, 0.3) is 5.91 Å². The Morgan fingerprint density at radius 2 is 2.15 bits per heavy atom. The molecule has 0 bridgehead atoms. The number of ether oxygens (including phenoxy) is 1. The van der Waals surface area contributed by atoms with Gasteiger partial charge in [0, 0.05) is 13.0 Å². The number of benzene rings is 1. The molecular formula is C14H18FNO4. The first-order valence-electron chi connectivity index (χ1n) is 6.28. The smallest absolute Gasteiger partial charge is 0.303 e. The van der Waals surface area contributed by atoms with Crippen LogP contribution < -0.4 is 10.1 Å². The fourth-order valence-electron chi connectivity index (χ4n) is 1.72. The number of carboxylic acid groups (broad SMARTS) is 1. The van der Waals surface area contributed by atoms with Gasteiger partial charge >= 0.3 is 5.97 Å². The van der Waals surface area contributed by atoms with E-state index in [9.17, 15) is 14.0 Å². The molecule has 1 aromatic carbocycles. The Hall–Kier alpha value is -2.11. The third kappa shape index (κ3) is 4.53. The maximum absolute atomic E-state index is 13.6. The molecule has 1 aromatic rings. The molecule has 2 N–H and O–H groups in total. The monoisotopic (exact) mass is 283 g/mol. The minimum Gasteiger partial charge on any atom is -0.496 e. The second kappa shape index (κ2) is 7.47. The maximum atomic E-state index is 13.6. The van der Waals surface area contributed by atoms with Crippen LogP contribution >= 0.6 is 0 Å². The number of halogens is 1. The summed E-state index contributed by atoms with van der Waals surface area (Å²) in [4.78, 5) is 22.4. The summed E-state index contributed by atoms with van der Waals surface area (Å²) in [5, 5.41) is 11.2. The quantitative estimate of drug-likeness (QED) is 0.803. The molecule has 6 heteroatoms. The molecule has 1 rings (SSSR count). The lowest BCUT2D eigenvalue weighted by atomic mass is 10.1. The third-order valence-electron chi connectivity index (χ3n) is 2.88. The van der Waals surface area contributed by atoms with Crippen molar-refractivity contribution >= 4 is 11.9 Å². The molecule has 0 heterocycles. The molecular weight excluding hydrogens is 265 g/mol. The summed E-state index contributed by atoms with van der Waals surface area (Å²) in [6, 6.07) is 4.15. The highest BCUT2D eigenvalue weighted by Crippen LogP contribution is 2.20. The van der Waals surface area contributed by atoms with Gasteiger partial charge < -0.3 is 15.2 Å². The molecule has 0 aliphatic rings. The van der Waals surface area contributed by atoms with E-state index < -0.39 is 17.7 Å². The lowest BCUT2D eigenvalue weighted by Gasteiger charge is -2.13. The lowest BCUT2D eigenvalue weighted by molar-refractivity contribution is -0.137. The molecule has 0 spiro atoms. The highest BCUT2D eigenvalue weighted by molar-refractivity contribution is 5.97. The van der Waals surface area contributed by atoms with Gasteiger partial charge in [-0.15, -0.1) is 0 Å². The molecule has 20 heavy (non-hydrogen) atoms. The number of methoxy groups -OCH3 is 1. The number of carbonyl (C=O) groups is 2. The van der Waals surface area contributed by atoms with E-state index >= 15 is 0 Å². The normalized spacial score (nSPS) is 11.8. The molecule has 5 nitrogen and oxygen atoms in total. The molecule has 1 amide bonds. The summed E-state index contributed by atoms with van der Waals surface area (Å²) in [6.07, 6.45) is 0.490. The van der Waals surface area contributed by atoms with E-state index in [1.807, 2.05) is 6.92 Å². The van der Waals surface area contributed by atoms with Gasteiger partial charge in [0.15, 0.2) is 0 Å². The second-order valence-corrected chi connectivity index (χ2v) is 4.56. The Kier molecular flexibility index (Phi) is 5.96. The van der Waals surface area contributed by atoms with Gasteiger partial charge in [-0.2, -0.15) is 0 Å². The van der Waals surface area contributed by atoms with Crippen LogP contribution in [0.3, 0.4) is 0 Å². The van der Waals surface area contributed by atoms with Crippen LogP contribution in [0.2, 0.25) is 0 Å². The van der Waals surface area contributed by atoms with E-state index in [1.54, 1.807) is 0 Å². The Morgan fingerprint density at radius 3 is 2.75 bits per heavy atom. The third-order valence-corrected chi connectivity index (χ3v) is 2.88. The zero-order chi connectivity index (χ0) is 15.1. The predicted molar refractivity (Wildman–Crippen MR) is 71.3 cm³/mol. The summed E-state index contributed by atoms with van der Waals surface area (Å²) in [6.45, 7) is 2.10. The number of rotatable bonds is 7. The van der Waals surface area contributed by atoms with Crippen molar-refractivity contribution in [2.45, 2.75) is 19.8 Å². The van der Waals surface area contributed by atoms with Crippen LogP contribution in [0, 0.1) is 11.7 Å². The van der Waals surface area contributed by atoms with E-state index in [1.165, 1.54) is 25.3 Å². The van der Waals surface area contributed by atoms with Gasteiger partial charge in [-0.05, 0) is 24.5 Å². The van der Waals surface area contributed by atoms with Crippen LogP contribution in [0.25, 0.3) is 0 Å². The van der Waals surface area contributed by atoms with Crippen molar-refractivity contribution in [3.8, 4) is 5.75 Å². The molecule has 110 valence electrons. The fourth-order valence-corrected chi connectivity index (χ4v) is 1.72. The summed E-state index contributed by atoms with van der Waals surface area (Å²) >= 11 is 0. The minimum atomic E-state index is -0.876. The predicted octanol–water partition coefficient (Wildman–Crippen LogP) is 2.06. The van der Waals surface area contributed by atoms with E-state index in [0.717, 1.165) is 0 Å². The minimum absolute atomic E-state index is 0.00665. The Labute approximate surface area is 116 Å². The molecule has 0 aliphatic carbocycles. The number of carbonyl (C=O) groups excluding carboxylic acids is 1. The van der Waals surface area contributed by atoms with Gasteiger partial charge in [-0.3, -0.25) is 9.59 Å². The number of hydrogen-bond donors (Lipinski definition) is 2. The summed E-state index contributed by atoms with van der Waals surface area (Å²) in [5.41, 5.74) is -0.138. The van der Waals surface area contributed by atoms with Gasteiger partial charge in [0.1, 0.15) is 17.1 Å². The first kappa shape index (κ1) is 15.9. The lowest BCUT2D eigenvalue weighted by Crippen LogP contribution is -2.29. The highest BCUT2D eigenvalue weighted by Gasteiger charge is 2.18. The number of aliphatic carboxylic acids is 1. The Bertz CT molecular complexity index is 490. The van der Waals surface area contributed by atoms with E-state index in [0.29, 0.717) is 6.42 Å². The summed E-state index contributed by atoms with van der Waals surface area (Å²) in [7, 11) is 1.36. The van der Waals surface area contributed by atoms with Gasteiger partial charge in [-0.1, -0.05) is 13.0 Å². The number of carboxylic acids is 1. The summed E-state index contributed by atoms with van der Waals surface area (Å²) < 4.78 is 18.6. The zero-order valence-corrected chi connectivity index (χ0v) is 11.5. The maximum Gasteiger partial charge on any atom is 0.303 e. The van der Waals surface area contributed by atoms with Crippen LogP contribution in [0.1, 0.15) is 30.1 Å². The summed E-state index contributed by atoms with van der Waals surface area (Å²) in [5.74, 6) is -1.94. The molecule has 0 fully saturated rings. The molecule has 0 saturated carbocycles. The van der Waals surface area contributed by atoms with Crippen LogP contribution in [0.5, 0.6) is 5.75 Å². The first-order chi connectivity index (χ1) is 9.45. The van der Waals surface area contributed by atoms with Crippen molar-refractivity contribution in [2.24, 2.45) is 5.92 Å². The number of hydrogen-bond acceptors (Lipinski definition) is 3. The van der Waals surface area contributed by atoms with Gasteiger partial charge in [0.05, 0.1) is 7.11 Å². The van der Waals surface area contributed by atoms with E-state index in [2.05, 4.69) is 5.32 Å². The number of amides is 1. The van der Waals surface area contributed by atoms with Crippen LogP contribution in [0.4, 0.5) is 4.39 Å². The molecule has 0 aromatic heterocycles. The first-order valence-corrected chi connectivity index (χ1v) is 6.28. The fraction of sp³-hybridized carbons (Fsp3) is 0.429. The topological polar surface area (TPSA) is 75.6 Å². The Balaban J connectivity index is 2.61. The molecule has 1 atom stereocenters. The molecule has 1 unspecified atom stereocenters. The average Bonchev–Trinajstić information content (AvgIpc) is 2.42. The van der Waals surface area contributed by atoms with Crippen molar-refractivity contribution in [1.82, 2.24) is 5.32 Å².